The number of ether oxygens (including phenoxy) is 2. The number of thioether (sulfide) groups is 1. The highest BCUT2D eigenvalue weighted by Crippen LogP contribution is 2.45. The molecule has 1 aromatic carbocycles. The van der Waals surface area contributed by atoms with Crippen molar-refractivity contribution in [3.63, 3.8) is 0 Å². The standard InChI is InChI=1S/C22H23N3O4S/c1-4-10-30-22-24-20-19(21(27)25-22)17(18-13(23-20)6-5-7-14(18)26)12-8-9-15(28-2)16(11-12)29-3/h4,8-9,11,17H,1,5-7,10H2,2-3H3,(H2,23,24,25,27)/t17-/m0/s1. The molecule has 0 unspecified atom stereocenters. The third kappa shape index (κ3) is 3.52. The highest BCUT2D eigenvalue weighted by atomic mass is 32.2. The van der Waals surface area contributed by atoms with Crippen LogP contribution in [0.25, 0.3) is 0 Å². The van der Waals surface area contributed by atoms with Crippen molar-refractivity contribution in [1.29, 1.82) is 0 Å². The van der Waals surface area contributed by atoms with E-state index >= 15 is 0 Å². The summed E-state index contributed by atoms with van der Waals surface area (Å²) in [5.41, 5.74) is 2.45. The normalized spacial score (nSPS) is 17.7. The summed E-state index contributed by atoms with van der Waals surface area (Å²) in [5, 5.41) is 3.79. The number of aromatic nitrogens is 2. The highest BCUT2D eigenvalue weighted by Gasteiger charge is 2.38. The molecule has 0 radical (unpaired) electrons. The maximum Gasteiger partial charge on any atom is 0.257 e. The Balaban J connectivity index is 1.91. The Morgan fingerprint density at radius 1 is 1.23 bits per heavy atom. The molecule has 2 aliphatic rings. The summed E-state index contributed by atoms with van der Waals surface area (Å²) in [7, 11) is 3.13. The molecule has 1 aliphatic carbocycles. The van der Waals surface area contributed by atoms with Crippen molar-refractivity contribution >= 4 is 23.4 Å². The predicted molar refractivity (Wildman–Crippen MR) is 117 cm³/mol. The van der Waals surface area contributed by atoms with Crippen LogP contribution in [0.15, 0.2) is 52.1 Å². The highest BCUT2D eigenvalue weighted by molar-refractivity contribution is 7.99. The molecular formula is C22H23N3O4S. The molecule has 0 amide bonds. The number of anilines is 1. The van der Waals surface area contributed by atoms with E-state index in [0.29, 0.717) is 45.8 Å². The quantitative estimate of drug-likeness (QED) is 0.415. The molecule has 1 atom stereocenters. The smallest absolute Gasteiger partial charge is 0.257 e. The molecule has 7 nitrogen and oxygen atoms in total. The number of hydrogen-bond donors (Lipinski definition) is 2. The third-order valence-corrected chi connectivity index (χ3v) is 6.18. The van der Waals surface area contributed by atoms with Crippen molar-refractivity contribution < 1.29 is 14.3 Å². The molecule has 8 heteroatoms. The first-order chi connectivity index (χ1) is 14.6. The maximum atomic E-state index is 13.1. The minimum atomic E-state index is -0.515. The van der Waals surface area contributed by atoms with Gasteiger partial charge in [-0.2, -0.15) is 0 Å². The van der Waals surface area contributed by atoms with Crippen LogP contribution in [-0.2, 0) is 4.79 Å². The summed E-state index contributed by atoms with van der Waals surface area (Å²) in [5.74, 6) is 1.80. The van der Waals surface area contributed by atoms with Gasteiger partial charge < -0.3 is 19.8 Å². The Morgan fingerprint density at radius 2 is 2.03 bits per heavy atom. The average molecular weight is 426 g/mol. The molecule has 0 saturated heterocycles. The van der Waals surface area contributed by atoms with Crippen LogP contribution < -0.4 is 20.3 Å². The van der Waals surface area contributed by atoms with Gasteiger partial charge in [-0.1, -0.05) is 23.9 Å². The van der Waals surface area contributed by atoms with Crippen LogP contribution >= 0.6 is 11.8 Å². The zero-order chi connectivity index (χ0) is 21.3. The number of fused-ring (bicyclic) bond motifs is 1. The summed E-state index contributed by atoms with van der Waals surface area (Å²) < 4.78 is 10.8. The zero-order valence-corrected chi connectivity index (χ0v) is 17.7. The van der Waals surface area contributed by atoms with E-state index in [0.717, 1.165) is 24.1 Å². The second-order valence-corrected chi connectivity index (χ2v) is 8.08. The Bertz CT molecular complexity index is 1110. The fourth-order valence-electron chi connectivity index (χ4n) is 4.01. The van der Waals surface area contributed by atoms with Gasteiger partial charge in [0, 0.05) is 29.4 Å². The van der Waals surface area contributed by atoms with E-state index in [-0.39, 0.29) is 11.3 Å². The number of nitrogens with one attached hydrogen (secondary N) is 2. The van der Waals surface area contributed by atoms with Crippen LogP contribution in [0.2, 0.25) is 0 Å². The number of rotatable bonds is 6. The maximum absolute atomic E-state index is 13.1. The number of benzene rings is 1. The predicted octanol–water partition coefficient (Wildman–Crippen LogP) is 3.63. The minimum Gasteiger partial charge on any atom is -0.493 e. The van der Waals surface area contributed by atoms with Crippen LogP contribution in [0.5, 0.6) is 11.5 Å². The number of hydrogen-bond acceptors (Lipinski definition) is 7. The molecule has 156 valence electrons. The topological polar surface area (TPSA) is 93.3 Å². The van der Waals surface area contributed by atoms with Crippen molar-refractivity contribution in [3.8, 4) is 11.5 Å². The Labute approximate surface area is 178 Å². The number of ketones is 1. The van der Waals surface area contributed by atoms with E-state index in [2.05, 4.69) is 21.9 Å². The lowest BCUT2D eigenvalue weighted by Crippen LogP contribution is -2.32. The fourth-order valence-corrected chi connectivity index (χ4v) is 4.61. The van der Waals surface area contributed by atoms with Gasteiger partial charge in [-0.25, -0.2) is 4.98 Å². The monoisotopic (exact) mass is 425 g/mol. The number of Topliss-reactive ketones (excluding diaryl/α,β-unsaturated/α-hetero) is 1. The second kappa shape index (κ2) is 8.39. The number of H-pyrrole nitrogens is 1. The van der Waals surface area contributed by atoms with E-state index in [1.165, 1.54) is 11.8 Å². The number of aromatic amines is 1. The summed E-state index contributed by atoms with van der Waals surface area (Å²) >= 11 is 1.40. The van der Waals surface area contributed by atoms with E-state index < -0.39 is 5.92 Å². The first-order valence-corrected chi connectivity index (χ1v) is 10.7. The van der Waals surface area contributed by atoms with Crippen molar-refractivity contribution in [2.24, 2.45) is 0 Å². The van der Waals surface area contributed by atoms with E-state index in [4.69, 9.17) is 9.47 Å². The second-order valence-electron chi connectivity index (χ2n) is 7.07. The van der Waals surface area contributed by atoms with Gasteiger partial charge in [0.2, 0.25) is 0 Å². The number of allylic oxidation sites excluding steroid dienone is 2. The van der Waals surface area contributed by atoms with Crippen LogP contribution in [0.4, 0.5) is 5.82 Å². The zero-order valence-electron chi connectivity index (χ0n) is 16.9. The van der Waals surface area contributed by atoms with Gasteiger partial charge in [-0.15, -0.1) is 6.58 Å². The van der Waals surface area contributed by atoms with E-state index in [9.17, 15) is 9.59 Å². The first-order valence-electron chi connectivity index (χ1n) is 9.70. The summed E-state index contributed by atoms with van der Waals surface area (Å²) in [6.07, 6.45) is 3.75. The largest absolute Gasteiger partial charge is 0.493 e. The molecule has 0 bridgehead atoms. The molecule has 2 aromatic rings. The van der Waals surface area contributed by atoms with Gasteiger partial charge >= 0.3 is 0 Å². The number of nitrogens with zero attached hydrogens (tertiary/aromatic N) is 1. The molecule has 30 heavy (non-hydrogen) atoms. The van der Waals surface area contributed by atoms with Crippen molar-refractivity contribution in [2.75, 3.05) is 25.3 Å². The van der Waals surface area contributed by atoms with Crippen LogP contribution in [-0.4, -0.2) is 35.7 Å². The van der Waals surface area contributed by atoms with Crippen molar-refractivity contribution in [3.05, 3.63) is 63.6 Å². The van der Waals surface area contributed by atoms with Gasteiger partial charge in [0.15, 0.2) is 22.4 Å². The summed E-state index contributed by atoms with van der Waals surface area (Å²) in [6.45, 7) is 3.71. The average Bonchev–Trinajstić information content (AvgIpc) is 2.76. The first kappa shape index (κ1) is 20.3. The van der Waals surface area contributed by atoms with Gasteiger partial charge in [-0.3, -0.25) is 9.59 Å². The fraction of sp³-hybridized carbons (Fsp3) is 0.318. The molecule has 1 aliphatic heterocycles. The van der Waals surface area contributed by atoms with E-state index in [1.54, 1.807) is 26.4 Å². The van der Waals surface area contributed by atoms with Gasteiger partial charge in [0.05, 0.1) is 19.8 Å². The van der Waals surface area contributed by atoms with Gasteiger partial charge in [0.25, 0.3) is 5.56 Å². The third-order valence-electron chi connectivity index (χ3n) is 5.32. The number of carbonyl (C=O) groups is 1. The Kier molecular flexibility index (Phi) is 5.67. The summed E-state index contributed by atoms with van der Waals surface area (Å²) in [4.78, 5) is 33.5. The minimum absolute atomic E-state index is 0.0543. The SMILES string of the molecule is C=CCSc1nc2c(c(=O)[nH]1)[C@@H](c1ccc(OC)c(OC)c1)C1=C(CCCC1=O)N2. The molecular weight excluding hydrogens is 402 g/mol. The van der Waals surface area contributed by atoms with Crippen molar-refractivity contribution in [1.82, 2.24) is 9.97 Å². The molecule has 2 N–H and O–H groups in total. The lowest BCUT2D eigenvalue weighted by atomic mass is 9.76. The molecule has 0 fully saturated rings. The summed E-state index contributed by atoms with van der Waals surface area (Å²) in [6, 6.07) is 5.48. The Morgan fingerprint density at radius 3 is 2.77 bits per heavy atom. The molecule has 0 saturated carbocycles. The van der Waals surface area contributed by atoms with Gasteiger partial charge in [-0.05, 0) is 30.5 Å². The van der Waals surface area contributed by atoms with Crippen LogP contribution in [0, 0.1) is 0 Å². The number of carbonyl (C=O) groups excluding carboxylic acids is 1. The van der Waals surface area contributed by atoms with Crippen molar-refractivity contribution in [2.45, 2.75) is 30.3 Å². The number of methoxy groups -OCH3 is 2. The molecule has 4 rings (SSSR count). The Hall–Kier alpha value is -3.00. The lowest BCUT2D eigenvalue weighted by molar-refractivity contribution is -0.116. The molecule has 1 aromatic heterocycles. The van der Waals surface area contributed by atoms with E-state index in [1.807, 2.05) is 12.1 Å². The van der Waals surface area contributed by atoms with Crippen LogP contribution in [0.1, 0.15) is 36.3 Å². The molecule has 2 heterocycles. The van der Waals surface area contributed by atoms with Crippen LogP contribution in [0.3, 0.4) is 0 Å². The van der Waals surface area contributed by atoms with Gasteiger partial charge in [0.1, 0.15) is 5.82 Å². The molecule has 0 spiro atoms. The lowest BCUT2D eigenvalue weighted by Gasteiger charge is -2.33.